The second kappa shape index (κ2) is 4.91. The third kappa shape index (κ3) is 2.22. The maximum absolute atomic E-state index is 8.95. The van der Waals surface area contributed by atoms with Gasteiger partial charge >= 0.3 is 0 Å². The summed E-state index contributed by atoms with van der Waals surface area (Å²) in [5.74, 6) is 0. The van der Waals surface area contributed by atoms with Crippen LogP contribution in [0.15, 0.2) is 36.4 Å². The standard InChI is InChI=1S/C15H12N4S/c1-10-5-6-13-14(17-10)19(15(20)18-13)9-12-4-2-3-11(7-12)8-16/h2-7H,9H2,1H3,(H,18,20). The van der Waals surface area contributed by atoms with Crippen molar-refractivity contribution in [3.63, 3.8) is 0 Å². The SMILES string of the molecule is Cc1ccc2[nH]c(=S)n(Cc3cccc(C#N)c3)c2n1. The Kier molecular flexibility index (Phi) is 3.09. The monoisotopic (exact) mass is 280 g/mol. The van der Waals surface area contributed by atoms with Gasteiger partial charge in [0.25, 0.3) is 0 Å². The largest absolute Gasteiger partial charge is 0.329 e. The lowest BCUT2D eigenvalue weighted by molar-refractivity contribution is 0.799. The Morgan fingerprint density at radius 1 is 1.35 bits per heavy atom. The molecule has 3 aromatic rings. The second-order valence-electron chi connectivity index (χ2n) is 4.65. The molecule has 0 aliphatic carbocycles. The minimum atomic E-state index is 0.602. The molecule has 4 nitrogen and oxygen atoms in total. The zero-order valence-electron chi connectivity index (χ0n) is 10.9. The van der Waals surface area contributed by atoms with E-state index in [2.05, 4.69) is 16.0 Å². The summed E-state index contributed by atoms with van der Waals surface area (Å²) < 4.78 is 2.59. The van der Waals surface area contributed by atoms with Crippen molar-refractivity contribution in [3.8, 4) is 6.07 Å². The fraction of sp³-hybridized carbons (Fsp3) is 0.133. The van der Waals surface area contributed by atoms with Gasteiger partial charge in [-0.2, -0.15) is 5.26 Å². The zero-order chi connectivity index (χ0) is 14.1. The van der Waals surface area contributed by atoms with Crippen molar-refractivity contribution in [3.05, 3.63) is 58.0 Å². The summed E-state index contributed by atoms with van der Waals surface area (Å²) in [7, 11) is 0. The van der Waals surface area contributed by atoms with Crippen LogP contribution in [-0.4, -0.2) is 14.5 Å². The van der Waals surface area contributed by atoms with Crippen LogP contribution in [0.25, 0.3) is 11.2 Å². The fourth-order valence-electron chi connectivity index (χ4n) is 2.19. The van der Waals surface area contributed by atoms with Crippen molar-refractivity contribution in [2.24, 2.45) is 0 Å². The number of rotatable bonds is 2. The summed E-state index contributed by atoms with van der Waals surface area (Å²) in [6, 6.07) is 13.6. The fourth-order valence-corrected chi connectivity index (χ4v) is 2.45. The van der Waals surface area contributed by atoms with Gasteiger partial charge in [-0.25, -0.2) is 4.98 Å². The molecule has 0 amide bonds. The molecule has 0 atom stereocenters. The van der Waals surface area contributed by atoms with Gasteiger partial charge < -0.3 is 4.98 Å². The van der Waals surface area contributed by atoms with E-state index in [1.807, 2.05) is 41.8 Å². The van der Waals surface area contributed by atoms with Crippen LogP contribution in [0, 0.1) is 23.0 Å². The second-order valence-corrected chi connectivity index (χ2v) is 5.04. The van der Waals surface area contributed by atoms with Gasteiger partial charge in [0.15, 0.2) is 10.4 Å². The maximum Gasteiger partial charge on any atom is 0.179 e. The number of aryl methyl sites for hydroxylation is 1. The van der Waals surface area contributed by atoms with Crippen LogP contribution in [0.5, 0.6) is 0 Å². The first-order valence-corrected chi connectivity index (χ1v) is 6.63. The Balaban J connectivity index is 2.10. The highest BCUT2D eigenvalue weighted by atomic mass is 32.1. The van der Waals surface area contributed by atoms with Crippen molar-refractivity contribution < 1.29 is 0 Å². The molecule has 20 heavy (non-hydrogen) atoms. The lowest BCUT2D eigenvalue weighted by Crippen LogP contribution is -2.01. The number of hydrogen-bond acceptors (Lipinski definition) is 3. The molecule has 0 spiro atoms. The van der Waals surface area contributed by atoms with Gasteiger partial charge in [0.2, 0.25) is 0 Å². The van der Waals surface area contributed by atoms with Crippen LogP contribution in [0.4, 0.5) is 0 Å². The van der Waals surface area contributed by atoms with E-state index in [0.717, 1.165) is 22.4 Å². The average molecular weight is 280 g/mol. The zero-order valence-corrected chi connectivity index (χ0v) is 11.7. The Morgan fingerprint density at radius 3 is 3.00 bits per heavy atom. The number of pyridine rings is 1. The molecule has 0 saturated heterocycles. The molecule has 1 aromatic carbocycles. The number of hydrogen-bond donors (Lipinski definition) is 1. The van der Waals surface area contributed by atoms with Gasteiger partial charge in [-0.3, -0.25) is 4.57 Å². The van der Waals surface area contributed by atoms with Gasteiger partial charge in [0.1, 0.15) is 0 Å². The minimum Gasteiger partial charge on any atom is -0.329 e. The Bertz CT molecular complexity index is 883. The normalized spacial score (nSPS) is 10.6. The topological polar surface area (TPSA) is 57.4 Å². The molecule has 0 aliphatic rings. The number of nitriles is 1. The van der Waals surface area contributed by atoms with E-state index in [1.54, 1.807) is 6.07 Å². The Hall–Kier alpha value is -2.45. The van der Waals surface area contributed by atoms with Crippen LogP contribution in [0.2, 0.25) is 0 Å². The van der Waals surface area contributed by atoms with Crippen molar-refractivity contribution in [1.29, 1.82) is 5.26 Å². The van der Waals surface area contributed by atoms with Gasteiger partial charge in [0.05, 0.1) is 23.7 Å². The Morgan fingerprint density at radius 2 is 2.20 bits per heavy atom. The first kappa shape index (κ1) is 12.6. The van der Waals surface area contributed by atoms with Gasteiger partial charge in [-0.15, -0.1) is 0 Å². The highest BCUT2D eigenvalue weighted by Crippen LogP contribution is 2.15. The number of imidazole rings is 1. The Labute approximate surface area is 121 Å². The predicted molar refractivity (Wildman–Crippen MR) is 79.9 cm³/mol. The van der Waals surface area contributed by atoms with Crippen LogP contribution in [-0.2, 0) is 6.54 Å². The van der Waals surface area contributed by atoms with Crippen LogP contribution in [0.3, 0.4) is 0 Å². The molecule has 0 unspecified atom stereocenters. The third-order valence-electron chi connectivity index (χ3n) is 3.15. The summed E-state index contributed by atoms with van der Waals surface area (Å²) in [4.78, 5) is 7.69. The number of nitrogens with one attached hydrogen (secondary N) is 1. The van der Waals surface area contributed by atoms with Crippen molar-refractivity contribution in [2.45, 2.75) is 13.5 Å². The number of aromatic amines is 1. The van der Waals surface area contributed by atoms with E-state index in [4.69, 9.17) is 17.5 Å². The van der Waals surface area contributed by atoms with E-state index in [0.29, 0.717) is 16.9 Å². The molecule has 0 saturated carbocycles. The summed E-state index contributed by atoms with van der Waals surface area (Å²) in [5, 5.41) is 8.95. The highest BCUT2D eigenvalue weighted by Gasteiger charge is 2.07. The van der Waals surface area contributed by atoms with E-state index >= 15 is 0 Å². The quantitative estimate of drug-likeness (QED) is 0.733. The first-order chi connectivity index (χ1) is 9.67. The molecule has 5 heteroatoms. The summed E-state index contributed by atoms with van der Waals surface area (Å²) >= 11 is 5.36. The lowest BCUT2D eigenvalue weighted by atomic mass is 10.1. The van der Waals surface area contributed by atoms with E-state index < -0.39 is 0 Å². The van der Waals surface area contributed by atoms with E-state index in [1.165, 1.54) is 0 Å². The summed E-state index contributed by atoms with van der Waals surface area (Å²) in [6.07, 6.45) is 0. The van der Waals surface area contributed by atoms with Crippen LogP contribution >= 0.6 is 12.2 Å². The molecular formula is C15H12N4S. The molecule has 1 N–H and O–H groups in total. The molecule has 98 valence electrons. The van der Waals surface area contributed by atoms with Gasteiger partial charge in [-0.05, 0) is 49.0 Å². The first-order valence-electron chi connectivity index (χ1n) is 6.22. The van der Waals surface area contributed by atoms with Crippen LogP contribution < -0.4 is 0 Å². The maximum atomic E-state index is 8.95. The van der Waals surface area contributed by atoms with E-state index in [9.17, 15) is 0 Å². The third-order valence-corrected chi connectivity index (χ3v) is 3.48. The smallest absolute Gasteiger partial charge is 0.179 e. The van der Waals surface area contributed by atoms with Crippen molar-refractivity contribution in [2.75, 3.05) is 0 Å². The molecule has 0 radical (unpaired) electrons. The minimum absolute atomic E-state index is 0.602. The highest BCUT2D eigenvalue weighted by molar-refractivity contribution is 7.71. The molecule has 0 fully saturated rings. The van der Waals surface area contributed by atoms with Crippen molar-refractivity contribution in [1.82, 2.24) is 14.5 Å². The molecule has 2 heterocycles. The molecule has 2 aromatic heterocycles. The summed E-state index contributed by atoms with van der Waals surface area (Å²) in [6.45, 7) is 2.56. The predicted octanol–water partition coefficient (Wildman–Crippen LogP) is 3.32. The number of fused-ring (bicyclic) bond motifs is 1. The van der Waals surface area contributed by atoms with Crippen LogP contribution in [0.1, 0.15) is 16.8 Å². The number of H-pyrrole nitrogens is 1. The average Bonchev–Trinajstić information content (AvgIpc) is 2.75. The van der Waals surface area contributed by atoms with E-state index in [-0.39, 0.29) is 0 Å². The van der Waals surface area contributed by atoms with Crippen molar-refractivity contribution >= 4 is 23.4 Å². The van der Waals surface area contributed by atoms with Gasteiger partial charge in [-0.1, -0.05) is 12.1 Å². The molecule has 0 aliphatic heterocycles. The van der Waals surface area contributed by atoms with Gasteiger partial charge in [0, 0.05) is 5.69 Å². The molecule has 0 bridgehead atoms. The molecule has 3 rings (SSSR count). The number of aromatic nitrogens is 3. The summed E-state index contributed by atoms with van der Waals surface area (Å²) in [5.41, 5.74) is 4.41. The molecular weight excluding hydrogens is 268 g/mol. The number of nitrogens with zero attached hydrogens (tertiary/aromatic N) is 3. The lowest BCUT2D eigenvalue weighted by Gasteiger charge is -2.05. The number of benzene rings is 1.